The van der Waals surface area contributed by atoms with E-state index >= 15 is 0 Å². The summed E-state index contributed by atoms with van der Waals surface area (Å²) in [5, 5.41) is 2.18. The molecule has 2 aromatic rings. The van der Waals surface area contributed by atoms with Crippen molar-refractivity contribution < 1.29 is 27.2 Å². The van der Waals surface area contributed by atoms with Crippen LogP contribution in [0.1, 0.15) is 11.3 Å². The Hall–Kier alpha value is -3.03. The number of carbonyl (C=O) groups excluding carboxylic acids is 2. The monoisotopic (exact) mass is 352 g/mol. The van der Waals surface area contributed by atoms with E-state index in [4.69, 9.17) is 4.42 Å². The molecule has 1 aromatic carbocycles. The average Bonchev–Trinajstić information content (AvgIpc) is 3.05. The molecular formula is C17H15F3N2O3. The summed E-state index contributed by atoms with van der Waals surface area (Å²) in [5.74, 6) is -0.764. The van der Waals surface area contributed by atoms with Gasteiger partial charge in [-0.1, -0.05) is 12.1 Å². The summed E-state index contributed by atoms with van der Waals surface area (Å²) in [6, 6.07) is 7.93. The van der Waals surface area contributed by atoms with Gasteiger partial charge in [-0.15, -0.1) is 0 Å². The van der Waals surface area contributed by atoms with Gasteiger partial charge in [0.2, 0.25) is 11.8 Å². The Labute approximate surface area is 141 Å². The second kappa shape index (κ2) is 7.69. The number of hydrogen-bond acceptors (Lipinski definition) is 3. The van der Waals surface area contributed by atoms with Crippen LogP contribution >= 0.6 is 0 Å². The summed E-state index contributed by atoms with van der Waals surface area (Å²) in [6.45, 7) is -0.395. The number of halogens is 3. The number of likely N-dealkylation sites (N-methyl/N-ethyl adjacent to an activating group) is 1. The molecule has 0 aliphatic heterocycles. The van der Waals surface area contributed by atoms with Gasteiger partial charge in [0.25, 0.3) is 0 Å². The lowest BCUT2D eigenvalue weighted by atomic mass is 10.1. The molecule has 1 aromatic heterocycles. The van der Waals surface area contributed by atoms with E-state index < -0.39 is 30.1 Å². The number of nitrogens with zero attached hydrogens (tertiary/aromatic N) is 1. The smallest absolute Gasteiger partial charge is 0.418 e. The average molecular weight is 352 g/mol. The fourth-order valence-electron chi connectivity index (χ4n) is 1.99. The number of hydrogen-bond donors (Lipinski definition) is 1. The van der Waals surface area contributed by atoms with Crippen LogP contribution in [0.25, 0.3) is 6.08 Å². The number of benzene rings is 1. The molecule has 8 heteroatoms. The first-order valence-electron chi connectivity index (χ1n) is 7.20. The van der Waals surface area contributed by atoms with E-state index in [0.29, 0.717) is 5.76 Å². The van der Waals surface area contributed by atoms with Gasteiger partial charge in [-0.05, 0) is 30.3 Å². The standard InChI is InChI=1S/C17H15F3N2O3/c1-22(16(24)9-8-12-5-4-10-25-12)11-15(23)21-14-7-3-2-6-13(14)17(18,19)20/h2-10H,11H2,1H3,(H,21,23)/b9-8+. The lowest BCUT2D eigenvalue weighted by Gasteiger charge is -2.17. The van der Waals surface area contributed by atoms with Gasteiger partial charge in [-0.3, -0.25) is 9.59 Å². The Morgan fingerprint density at radius 3 is 2.56 bits per heavy atom. The van der Waals surface area contributed by atoms with Gasteiger partial charge in [0.05, 0.1) is 24.1 Å². The first kappa shape index (κ1) is 18.3. The molecule has 0 aliphatic carbocycles. The maximum atomic E-state index is 12.9. The highest BCUT2D eigenvalue weighted by atomic mass is 19.4. The predicted octanol–water partition coefficient (Wildman–Crippen LogP) is 3.41. The van der Waals surface area contributed by atoms with Gasteiger partial charge in [0.1, 0.15) is 5.76 Å². The van der Waals surface area contributed by atoms with Crippen molar-refractivity contribution in [3.05, 3.63) is 60.1 Å². The first-order valence-corrected chi connectivity index (χ1v) is 7.20. The van der Waals surface area contributed by atoms with Gasteiger partial charge in [0.15, 0.2) is 0 Å². The van der Waals surface area contributed by atoms with E-state index in [-0.39, 0.29) is 5.69 Å². The number of carbonyl (C=O) groups is 2. The molecule has 0 saturated heterocycles. The van der Waals surface area contributed by atoms with E-state index in [1.165, 1.54) is 37.6 Å². The Bertz CT molecular complexity index is 768. The summed E-state index contributed by atoms with van der Waals surface area (Å²) in [5.41, 5.74) is -1.30. The molecule has 0 saturated carbocycles. The van der Waals surface area contributed by atoms with Crippen LogP contribution in [0, 0.1) is 0 Å². The number of alkyl halides is 3. The highest BCUT2D eigenvalue weighted by Gasteiger charge is 2.33. The highest BCUT2D eigenvalue weighted by Crippen LogP contribution is 2.34. The zero-order chi connectivity index (χ0) is 18.4. The van der Waals surface area contributed by atoms with Gasteiger partial charge < -0.3 is 14.6 Å². The summed E-state index contributed by atoms with van der Waals surface area (Å²) in [6.07, 6.45) is -0.512. The third-order valence-electron chi connectivity index (χ3n) is 3.20. The van der Waals surface area contributed by atoms with Gasteiger partial charge in [0, 0.05) is 13.1 Å². The normalized spacial score (nSPS) is 11.5. The number of rotatable bonds is 5. The van der Waals surface area contributed by atoms with Crippen molar-refractivity contribution in [1.29, 1.82) is 0 Å². The van der Waals surface area contributed by atoms with E-state index in [9.17, 15) is 22.8 Å². The second-order valence-electron chi connectivity index (χ2n) is 5.13. The minimum absolute atomic E-state index is 0.355. The van der Waals surface area contributed by atoms with Crippen LogP contribution in [0.5, 0.6) is 0 Å². The Kier molecular flexibility index (Phi) is 5.63. The Morgan fingerprint density at radius 1 is 1.20 bits per heavy atom. The minimum atomic E-state index is -4.59. The van der Waals surface area contributed by atoms with Crippen LogP contribution in [0.3, 0.4) is 0 Å². The number of para-hydroxylation sites is 1. The van der Waals surface area contributed by atoms with Crippen LogP contribution < -0.4 is 5.32 Å². The molecular weight excluding hydrogens is 337 g/mol. The van der Waals surface area contributed by atoms with Gasteiger partial charge >= 0.3 is 6.18 Å². The Balaban J connectivity index is 1.97. The molecule has 0 atom stereocenters. The highest BCUT2D eigenvalue weighted by molar-refractivity contribution is 5.98. The van der Waals surface area contributed by atoms with Crippen molar-refractivity contribution in [2.24, 2.45) is 0 Å². The molecule has 1 N–H and O–H groups in total. The molecule has 2 amide bonds. The number of nitrogens with one attached hydrogen (secondary N) is 1. The molecule has 0 unspecified atom stereocenters. The number of amides is 2. The lowest BCUT2D eigenvalue weighted by Crippen LogP contribution is -2.34. The van der Waals surface area contributed by atoms with Crippen molar-refractivity contribution in [2.45, 2.75) is 6.18 Å². The van der Waals surface area contributed by atoms with Crippen molar-refractivity contribution in [3.63, 3.8) is 0 Å². The van der Waals surface area contributed by atoms with E-state index in [1.54, 1.807) is 12.1 Å². The van der Waals surface area contributed by atoms with Crippen molar-refractivity contribution in [1.82, 2.24) is 4.90 Å². The van der Waals surface area contributed by atoms with E-state index in [1.807, 2.05) is 0 Å². The van der Waals surface area contributed by atoms with Crippen molar-refractivity contribution >= 4 is 23.6 Å². The fourth-order valence-corrected chi connectivity index (χ4v) is 1.99. The summed E-state index contributed by atoms with van der Waals surface area (Å²) in [4.78, 5) is 24.9. The molecule has 2 rings (SSSR count). The molecule has 0 fully saturated rings. The third-order valence-corrected chi connectivity index (χ3v) is 3.20. The maximum Gasteiger partial charge on any atom is 0.418 e. The molecule has 0 spiro atoms. The van der Waals surface area contributed by atoms with Crippen molar-refractivity contribution in [2.75, 3.05) is 18.9 Å². The molecule has 0 bridgehead atoms. The fraction of sp³-hybridized carbons (Fsp3) is 0.176. The molecule has 0 radical (unpaired) electrons. The second-order valence-corrected chi connectivity index (χ2v) is 5.13. The summed E-state index contributed by atoms with van der Waals surface area (Å²) < 4.78 is 43.7. The topological polar surface area (TPSA) is 62.6 Å². The van der Waals surface area contributed by atoms with Gasteiger partial charge in [-0.25, -0.2) is 0 Å². The summed E-state index contributed by atoms with van der Waals surface area (Å²) in [7, 11) is 1.37. The molecule has 0 aliphatic rings. The third kappa shape index (κ3) is 5.23. The molecule has 5 nitrogen and oxygen atoms in total. The zero-order valence-corrected chi connectivity index (χ0v) is 13.2. The quantitative estimate of drug-likeness (QED) is 0.839. The zero-order valence-electron chi connectivity index (χ0n) is 13.2. The van der Waals surface area contributed by atoms with Crippen LogP contribution in [0.15, 0.2) is 53.2 Å². The van der Waals surface area contributed by atoms with Crippen LogP contribution in [-0.4, -0.2) is 30.3 Å². The maximum absolute atomic E-state index is 12.9. The molecule has 1 heterocycles. The van der Waals surface area contributed by atoms with Crippen LogP contribution in [0.2, 0.25) is 0 Å². The van der Waals surface area contributed by atoms with Gasteiger partial charge in [-0.2, -0.15) is 13.2 Å². The largest absolute Gasteiger partial charge is 0.465 e. The number of anilines is 1. The summed E-state index contributed by atoms with van der Waals surface area (Å²) >= 11 is 0. The SMILES string of the molecule is CN(CC(=O)Nc1ccccc1C(F)(F)F)C(=O)/C=C/c1ccco1. The van der Waals surface area contributed by atoms with Crippen LogP contribution in [0.4, 0.5) is 18.9 Å². The Morgan fingerprint density at radius 2 is 1.92 bits per heavy atom. The molecule has 132 valence electrons. The molecule has 25 heavy (non-hydrogen) atoms. The minimum Gasteiger partial charge on any atom is -0.465 e. The van der Waals surface area contributed by atoms with E-state index in [0.717, 1.165) is 17.0 Å². The number of furan rings is 1. The lowest BCUT2D eigenvalue weighted by molar-refractivity contribution is -0.137. The first-order chi connectivity index (χ1) is 11.8. The van der Waals surface area contributed by atoms with Crippen LogP contribution in [-0.2, 0) is 15.8 Å². The predicted molar refractivity (Wildman–Crippen MR) is 85.5 cm³/mol. The van der Waals surface area contributed by atoms with Crippen molar-refractivity contribution in [3.8, 4) is 0 Å². The van der Waals surface area contributed by atoms with E-state index in [2.05, 4.69) is 5.32 Å².